The Labute approximate surface area is 178 Å². The van der Waals surface area contributed by atoms with Gasteiger partial charge in [0.15, 0.2) is 0 Å². The van der Waals surface area contributed by atoms with Crippen LogP contribution in [0.25, 0.3) is 0 Å². The highest BCUT2D eigenvalue weighted by atomic mass is 32.2. The number of anilines is 1. The van der Waals surface area contributed by atoms with Gasteiger partial charge in [-0.25, -0.2) is 8.42 Å². The molecular weight excluding hydrogens is 400 g/mol. The molecule has 30 heavy (non-hydrogen) atoms. The standard InChI is InChI=1S/C23H28N2O4S/c1-16-10-12-24(13-11-16)30(27,28)19-8-9-22(29-3)20(15-19)23(26)25-17(2)14-18-6-4-5-7-21(18)25/h4-9,15-17H,10-14H2,1-3H3/t17-/m0/s1. The van der Waals surface area contributed by atoms with Crippen LogP contribution in [0.15, 0.2) is 47.4 Å². The fourth-order valence-corrected chi connectivity index (χ4v) is 5.89. The molecule has 0 aliphatic carbocycles. The summed E-state index contributed by atoms with van der Waals surface area (Å²) in [6, 6.07) is 12.4. The fourth-order valence-electron chi connectivity index (χ4n) is 4.39. The number of hydrogen-bond donors (Lipinski definition) is 0. The lowest BCUT2D eigenvalue weighted by molar-refractivity contribution is 0.0978. The summed E-state index contributed by atoms with van der Waals surface area (Å²) < 4.78 is 33.4. The van der Waals surface area contributed by atoms with E-state index in [0.29, 0.717) is 24.8 Å². The van der Waals surface area contributed by atoms with E-state index in [4.69, 9.17) is 4.74 Å². The summed E-state index contributed by atoms with van der Waals surface area (Å²) >= 11 is 0. The van der Waals surface area contributed by atoms with Crippen LogP contribution in [0, 0.1) is 5.92 Å². The molecular formula is C23H28N2O4S. The second-order valence-corrected chi connectivity index (χ2v) is 10.2. The molecule has 1 amide bonds. The summed E-state index contributed by atoms with van der Waals surface area (Å²) in [6.07, 6.45) is 2.47. The highest BCUT2D eigenvalue weighted by molar-refractivity contribution is 7.89. The SMILES string of the molecule is COc1ccc(S(=O)(=O)N2CCC(C)CC2)cc1C(=O)N1c2ccccc2C[C@@H]1C. The van der Waals surface area contributed by atoms with Gasteiger partial charge in [0.2, 0.25) is 10.0 Å². The monoisotopic (exact) mass is 428 g/mol. The molecule has 160 valence electrons. The number of para-hydroxylation sites is 1. The molecule has 2 heterocycles. The van der Waals surface area contributed by atoms with E-state index < -0.39 is 10.0 Å². The van der Waals surface area contributed by atoms with Crippen molar-refractivity contribution in [3.8, 4) is 5.75 Å². The van der Waals surface area contributed by atoms with Gasteiger partial charge in [-0.3, -0.25) is 4.79 Å². The van der Waals surface area contributed by atoms with Crippen LogP contribution in [0.3, 0.4) is 0 Å². The number of benzene rings is 2. The maximum Gasteiger partial charge on any atom is 0.262 e. The van der Waals surface area contributed by atoms with E-state index in [1.165, 1.54) is 23.5 Å². The minimum Gasteiger partial charge on any atom is -0.496 e. The normalized spacial score (nSPS) is 20.2. The summed E-state index contributed by atoms with van der Waals surface area (Å²) in [4.78, 5) is 15.4. The van der Waals surface area contributed by atoms with Crippen LogP contribution in [0.5, 0.6) is 5.75 Å². The van der Waals surface area contributed by atoms with Crippen LogP contribution < -0.4 is 9.64 Å². The number of fused-ring (bicyclic) bond motifs is 1. The molecule has 0 radical (unpaired) electrons. The molecule has 0 aromatic heterocycles. The summed E-state index contributed by atoms with van der Waals surface area (Å²) in [6.45, 7) is 5.16. The molecule has 2 aromatic rings. The predicted octanol–water partition coefficient (Wildman–Crippen LogP) is 3.71. The predicted molar refractivity (Wildman–Crippen MR) is 117 cm³/mol. The van der Waals surface area contributed by atoms with Crippen LogP contribution in [0.4, 0.5) is 5.69 Å². The number of methoxy groups -OCH3 is 1. The molecule has 0 spiro atoms. The average molecular weight is 429 g/mol. The summed E-state index contributed by atoms with van der Waals surface area (Å²) in [7, 11) is -2.16. The van der Waals surface area contributed by atoms with Crippen molar-refractivity contribution in [3.05, 3.63) is 53.6 Å². The Bertz CT molecular complexity index is 1060. The highest BCUT2D eigenvalue weighted by Gasteiger charge is 2.34. The van der Waals surface area contributed by atoms with Crippen LogP contribution in [-0.2, 0) is 16.4 Å². The van der Waals surface area contributed by atoms with Crippen LogP contribution in [0.1, 0.15) is 42.6 Å². The smallest absolute Gasteiger partial charge is 0.262 e. The maximum atomic E-state index is 13.5. The number of ether oxygens (including phenoxy) is 1. The number of hydrogen-bond acceptors (Lipinski definition) is 4. The van der Waals surface area contributed by atoms with E-state index in [2.05, 4.69) is 6.92 Å². The molecule has 2 aliphatic rings. The Morgan fingerprint density at radius 2 is 1.77 bits per heavy atom. The number of nitrogens with zero attached hydrogens (tertiary/aromatic N) is 2. The third kappa shape index (κ3) is 3.61. The van der Waals surface area contributed by atoms with Gasteiger partial charge in [0.1, 0.15) is 5.75 Å². The van der Waals surface area contributed by atoms with Gasteiger partial charge in [-0.2, -0.15) is 4.31 Å². The lowest BCUT2D eigenvalue weighted by atomic mass is 10.0. The Morgan fingerprint density at radius 3 is 2.47 bits per heavy atom. The van der Waals surface area contributed by atoms with Gasteiger partial charge >= 0.3 is 0 Å². The van der Waals surface area contributed by atoms with Crippen molar-refractivity contribution in [2.75, 3.05) is 25.1 Å². The third-order valence-corrected chi connectivity index (χ3v) is 8.10. The maximum absolute atomic E-state index is 13.5. The van der Waals surface area contributed by atoms with E-state index in [1.54, 1.807) is 11.0 Å². The van der Waals surface area contributed by atoms with Crippen LogP contribution in [0.2, 0.25) is 0 Å². The topological polar surface area (TPSA) is 66.9 Å². The van der Waals surface area contributed by atoms with E-state index >= 15 is 0 Å². The summed E-state index contributed by atoms with van der Waals surface area (Å²) in [5.41, 5.74) is 2.26. The molecule has 0 unspecified atom stereocenters. The zero-order valence-corrected chi connectivity index (χ0v) is 18.5. The van der Waals surface area contributed by atoms with Crippen molar-refractivity contribution in [2.24, 2.45) is 5.92 Å². The zero-order valence-electron chi connectivity index (χ0n) is 17.7. The zero-order chi connectivity index (χ0) is 21.5. The number of carbonyl (C=O) groups excluding carboxylic acids is 1. The van der Waals surface area contributed by atoms with Crippen molar-refractivity contribution in [2.45, 2.75) is 44.0 Å². The summed E-state index contributed by atoms with van der Waals surface area (Å²) in [5, 5.41) is 0. The summed E-state index contributed by atoms with van der Waals surface area (Å²) in [5.74, 6) is 0.664. The first-order chi connectivity index (χ1) is 14.3. The second-order valence-electron chi connectivity index (χ2n) is 8.31. The van der Waals surface area contributed by atoms with Crippen molar-refractivity contribution in [1.82, 2.24) is 4.31 Å². The van der Waals surface area contributed by atoms with Gasteiger partial charge < -0.3 is 9.64 Å². The van der Waals surface area contributed by atoms with E-state index in [0.717, 1.165) is 30.5 Å². The fraction of sp³-hybridized carbons (Fsp3) is 0.435. The Morgan fingerprint density at radius 1 is 1.07 bits per heavy atom. The number of sulfonamides is 1. The van der Waals surface area contributed by atoms with Crippen LogP contribution in [-0.4, -0.2) is 44.9 Å². The van der Waals surface area contributed by atoms with E-state index in [1.807, 2.05) is 31.2 Å². The molecule has 2 aromatic carbocycles. The van der Waals surface area contributed by atoms with Gasteiger partial charge in [0, 0.05) is 24.8 Å². The van der Waals surface area contributed by atoms with Gasteiger partial charge in [-0.1, -0.05) is 25.1 Å². The molecule has 0 N–H and O–H groups in total. The lowest BCUT2D eigenvalue weighted by Crippen LogP contribution is -2.38. The number of amides is 1. The Hall–Kier alpha value is -2.38. The third-order valence-electron chi connectivity index (χ3n) is 6.21. The van der Waals surface area contributed by atoms with Gasteiger partial charge in [0.25, 0.3) is 5.91 Å². The molecule has 0 bridgehead atoms. The highest BCUT2D eigenvalue weighted by Crippen LogP contribution is 2.35. The van der Waals surface area contributed by atoms with Gasteiger partial charge in [-0.15, -0.1) is 0 Å². The molecule has 4 rings (SSSR count). The van der Waals surface area contributed by atoms with Crippen molar-refractivity contribution < 1.29 is 17.9 Å². The largest absolute Gasteiger partial charge is 0.496 e. The molecule has 7 heteroatoms. The van der Waals surface area contributed by atoms with Crippen molar-refractivity contribution in [3.63, 3.8) is 0 Å². The van der Waals surface area contributed by atoms with Crippen LogP contribution >= 0.6 is 0 Å². The first-order valence-corrected chi connectivity index (χ1v) is 11.9. The van der Waals surface area contributed by atoms with Crippen molar-refractivity contribution >= 4 is 21.6 Å². The molecule has 1 atom stereocenters. The first-order valence-electron chi connectivity index (χ1n) is 10.4. The quantitative estimate of drug-likeness (QED) is 0.745. The number of carbonyl (C=O) groups is 1. The second kappa shape index (κ2) is 8.04. The van der Waals surface area contributed by atoms with Gasteiger partial charge in [-0.05, 0) is 61.9 Å². The van der Waals surface area contributed by atoms with E-state index in [-0.39, 0.29) is 22.4 Å². The molecule has 2 aliphatic heterocycles. The van der Waals surface area contributed by atoms with Gasteiger partial charge in [0.05, 0.1) is 17.6 Å². The Balaban J connectivity index is 1.71. The molecule has 1 fully saturated rings. The van der Waals surface area contributed by atoms with Crippen molar-refractivity contribution in [1.29, 1.82) is 0 Å². The Kier molecular flexibility index (Phi) is 5.59. The average Bonchev–Trinajstić information content (AvgIpc) is 3.08. The number of piperidine rings is 1. The molecule has 1 saturated heterocycles. The number of rotatable bonds is 4. The molecule has 6 nitrogen and oxygen atoms in total. The lowest BCUT2D eigenvalue weighted by Gasteiger charge is -2.29. The molecule has 0 saturated carbocycles. The minimum atomic E-state index is -3.66. The first kappa shape index (κ1) is 20.9. The van der Waals surface area contributed by atoms with E-state index in [9.17, 15) is 13.2 Å². The minimum absolute atomic E-state index is 0.0107.